The molecule has 4 N–H and O–H groups in total. The molecule has 0 aliphatic carbocycles. The van der Waals surface area contributed by atoms with Crippen LogP contribution in [0.3, 0.4) is 0 Å². The van der Waals surface area contributed by atoms with Gasteiger partial charge in [-0.25, -0.2) is 4.79 Å². The van der Waals surface area contributed by atoms with E-state index in [2.05, 4.69) is 15.0 Å². The van der Waals surface area contributed by atoms with Crippen LogP contribution < -0.4 is 11.4 Å². The Bertz CT molecular complexity index is 741. The molecule has 3 rings (SSSR count). The first-order chi connectivity index (χ1) is 8.24. The molecule has 5 nitrogen and oxygen atoms in total. The van der Waals surface area contributed by atoms with Crippen LogP contribution in [0.4, 0.5) is 5.69 Å². The van der Waals surface area contributed by atoms with E-state index in [0.29, 0.717) is 5.69 Å². The zero-order valence-corrected chi connectivity index (χ0v) is 8.90. The van der Waals surface area contributed by atoms with Gasteiger partial charge >= 0.3 is 5.69 Å². The lowest BCUT2D eigenvalue weighted by atomic mass is 10.1. The van der Waals surface area contributed by atoms with E-state index in [-0.39, 0.29) is 5.69 Å². The second kappa shape index (κ2) is 3.48. The van der Waals surface area contributed by atoms with Crippen molar-refractivity contribution in [2.45, 2.75) is 0 Å². The maximum atomic E-state index is 11.3. The van der Waals surface area contributed by atoms with Crippen molar-refractivity contribution in [3.8, 4) is 11.1 Å². The number of nitrogen functional groups attached to an aromatic ring is 1. The fourth-order valence-corrected chi connectivity index (χ4v) is 1.90. The average Bonchev–Trinajstić information content (AvgIpc) is 2.68. The molecule has 0 spiro atoms. The molecule has 2 heterocycles. The molecule has 0 aliphatic heterocycles. The molecule has 5 heteroatoms. The molecule has 0 unspecified atom stereocenters. The number of nitrogens with zero attached hydrogens (tertiary/aromatic N) is 1. The Morgan fingerprint density at radius 2 is 2.06 bits per heavy atom. The first-order valence-corrected chi connectivity index (χ1v) is 5.16. The lowest BCUT2D eigenvalue weighted by Gasteiger charge is -2.03. The molecule has 0 saturated heterocycles. The Kier molecular flexibility index (Phi) is 1.98. The van der Waals surface area contributed by atoms with E-state index in [4.69, 9.17) is 5.73 Å². The number of fused-ring (bicyclic) bond motifs is 1. The minimum atomic E-state index is -0.218. The Morgan fingerprint density at radius 3 is 2.88 bits per heavy atom. The van der Waals surface area contributed by atoms with E-state index in [1.54, 1.807) is 12.4 Å². The molecule has 0 bridgehead atoms. The summed E-state index contributed by atoms with van der Waals surface area (Å²) in [5.41, 5.74) is 9.40. The highest BCUT2D eigenvalue weighted by atomic mass is 16.1. The summed E-state index contributed by atoms with van der Waals surface area (Å²) in [4.78, 5) is 20.8. The van der Waals surface area contributed by atoms with Crippen LogP contribution >= 0.6 is 0 Å². The molecule has 0 atom stereocenters. The summed E-state index contributed by atoms with van der Waals surface area (Å²) >= 11 is 0. The molecule has 0 radical (unpaired) electrons. The third-order valence-corrected chi connectivity index (χ3v) is 2.62. The first kappa shape index (κ1) is 9.65. The zero-order valence-electron chi connectivity index (χ0n) is 8.90. The van der Waals surface area contributed by atoms with E-state index < -0.39 is 0 Å². The minimum Gasteiger partial charge on any atom is -0.397 e. The van der Waals surface area contributed by atoms with Crippen LogP contribution in [0, 0.1) is 0 Å². The van der Waals surface area contributed by atoms with Crippen molar-refractivity contribution < 1.29 is 0 Å². The minimum absolute atomic E-state index is 0.218. The van der Waals surface area contributed by atoms with Crippen molar-refractivity contribution in [1.82, 2.24) is 15.0 Å². The molecular formula is C12H10N4O. The van der Waals surface area contributed by atoms with E-state index >= 15 is 0 Å². The van der Waals surface area contributed by atoms with Crippen molar-refractivity contribution in [3.63, 3.8) is 0 Å². The van der Waals surface area contributed by atoms with Gasteiger partial charge in [0.25, 0.3) is 0 Å². The van der Waals surface area contributed by atoms with Crippen LogP contribution in [-0.4, -0.2) is 15.0 Å². The summed E-state index contributed by atoms with van der Waals surface area (Å²) in [6.07, 6.45) is 3.31. The van der Waals surface area contributed by atoms with Gasteiger partial charge in [0, 0.05) is 23.5 Å². The van der Waals surface area contributed by atoms with Gasteiger partial charge in [0.1, 0.15) is 0 Å². The maximum absolute atomic E-state index is 11.3. The molecule has 17 heavy (non-hydrogen) atoms. The van der Waals surface area contributed by atoms with Crippen LogP contribution in [-0.2, 0) is 0 Å². The van der Waals surface area contributed by atoms with Gasteiger partial charge in [-0.15, -0.1) is 0 Å². The van der Waals surface area contributed by atoms with Gasteiger partial charge < -0.3 is 15.7 Å². The van der Waals surface area contributed by atoms with Crippen LogP contribution in [0.25, 0.3) is 22.2 Å². The summed E-state index contributed by atoms with van der Waals surface area (Å²) in [6.45, 7) is 0. The standard InChI is InChI=1S/C12H10N4O/c13-8-4-7(5-14-6-8)9-2-1-3-10-11(9)16-12(17)15-10/h1-6H,13H2,(H2,15,16,17). The number of H-pyrrole nitrogens is 2. The predicted octanol–water partition coefficient (Wildman–Crippen LogP) is 1.50. The third kappa shape index (κ3) is 1.57. The Labute approximate surface area is 96.3 Å². The first-order valence-electron chi connectivity index (χ1n) is 5.16. The Morgan fingerprint density at radius 1 is 1.18 bits per heavy atom. The van der Waals surface area contributed by atoms with Crippen molar-refractivity contribution in [2.24, 2.45) is 0 Å². The van der Waals surface area contributed by atoms with Crippen LogP contribution in [0.1, 0.15) is 0 Å². The number of hydrogen-bond donors (Lipinski definition) is 3. The molecule has 0 aliphatic rings. The Balaban J connectivity index is 2.33. The second-order valence-corrected chi connectivity index (χ2v) is 3.81. The number of nitrogens with two attached hydrogens (primary N) is 1. The summed E-state index contributed by atoms with van der Waals surface area (Å²) in [6, 6.07) is 7.47. The number of imidazole rings is 1. The van der Waals surface area contributed by atoms with Gasteiger partial charge in [-0.3, -0.25) is 4.98 Å². The largest absolute Gasteiger partial charge is 0.397 e. The molecule has 0 amide bonds. The van der Waals surface area contributed by atoms with Gasteiger partial charge in [-0.2, -0.15) is 0 Å². The van der Waals surface area contributed by atoms with Crippen LogP contribution in [0.15, 0.2) is 41.5 Å². The number of aromatic nitrogens is 3. The molecule has 84 valence electrons. The highest BCUT2D eigenvalue weighted by molar-refractivity contribution is 5.91. The van der Waals surface area contributed by atoms with Gasteiger partial charge in [0.15, 0.2) is 0 Å². The number of nitrogens with one attached hydrogen (secondary N) is 2. The second-order valence-electron chi connectivity index (χ2n) is 3.81. The molecule has 3 aromatic rings. The topological polar surface area (TPSA) is 87.6 Å². The fourth-order valence-electron chi connectivity index (χ4n) is 1.90. The van der Waals surface area contributed by atoms with Crippen molar-refractivity contribution in [2.75, 3.05) is 5.73 Å². The zero-order chi connectivity index (χ0) is 11.8. The normalized spacial score (nSPS) is 10.8. The number of hydrogen-bond acceptors (Lipinski definition) is 3. The van der Waals surface area contributed by atoms with E-state index in [9.17, 15) is 4.79 Å². The molecular weight excluding hydrogens is 216 g/mol. The number of para-hydroxylation sites is 1. The van der Waals surface area contributed by atoms with Crippen LogP contribution in [0.5, 0.6) is 0 Å². The number of anilines is 1. The lowest BCUT2D eigenvalue weighted by Crippen LogP contribution is -1.99. The maximum Gasteiger partial charge on any atom is 0.323 e. The van der Waals surface area contributed by atoms with E-state index in [1.807, 2.05) is 24.3 Å². The quantitative estimate of drug-likeness (QED) is 0.587. The third-order valence-electron chi connectivity index (χ3n) is 2.62. The lowest BCUT2D eigenvalue weighted by molar-refractivity contribution is 1.21. The van der Waals surface area contributed by atoms with Gasteiger partial charge in [0.2, 0.25) is 0 Å². The summed E-state index contributed by atoms with van der Waals surface area (Å²) < 4.78 is 0. The van der Waals surface area contributed by atoms with Crippen molar-refractivity contribution >= 4 is 16.7 Å². The highest BCUT2D eigenvalue weighted by Gasteiger charge is 2.06. The smallest absolute Gasteiger partial charge is 0.323 e. The van der Waals surface area contributed by atoms with Crippen molar-refractivity contribution in [3.05, 3.63) is 47.1 Å². The summed E-state index contributed by atoms with van der Waals surface area (Å²) in [5.74, 6) is 0. The summed E-state index contributed by atoms with van der Waals surface area (Å²) in [5, 5.41) is 0. The predicted molar refractivity (Wildman–Crippen MR) is 66.6 cm³/mol. The van der Waals surface area contributed by atoms with E-state index in [1.165, 1.54) is 0 Å². The molecule has 0 saturated carbocycles. The molecule has 2 aromatic heterocycles. The van der Waals surface area contributed by atoms with E-state index in [0.717, 1.165) is 22.2 Å². The Hall–Kier alpha value is -2.56. The number of benzene rings is 1. The average molecular weight is 226 g/mol. The molecule has 0 fully saturated rings. The van der Waals surface area contributed by atoms with Gasteiger partial charge in [-0.05, 0) is 12.1 Å². The summed E-state index contributed by atoms with van der Waals surface area (Å²) in [7, 11) is 0. The van der Waals surface area contributed by atoms with Crippen molar-refractivity contribution in [1.29, 1.82) is 0 Å². The SMILES string of the molecule is Nc1cncc(-c2cccc3[nH]c(=O)[nH]c23)c1. The monoisotopic (exact) mass is 226 g/mol. The van der Waals surface area contributed by atoms with Crippen LogP contribution in [0.2, 0.25) is 0 Å². The highest BCUT2D eigenvalue weighted by Crippen LogP contribution is 2.25. The molecule has 1 aromatic carbocycles. The number of aromatic amines is 2. The van der Waals surface area contributed by atoms with Gasteiger partial charge in [-0.1, -0.05) is 12.1 Å². The van der Waals surface area contributed by atoms with Gasteiger partial charge in [0.05, 0.1) is 16.7 Å². The number of rotatable bonds is 1. The number of pyridine rings is 1. The fraction of sp³-hybridized carbons (Fsp3) is 0.